The lowest BCUT2D eigenvalue weighted by Gasteiger charge is -2.30. The second-order valence-electron chi connectivity index (χ2n) is 5.29. The smallest absolute Gasteiger partial charge is 0.276 e. The third-order valence-electron chi connectivity index (χ3n) is 4.24. The van der Waals surface area contributed by atoms with Crippen molar-refractivity contribution in [3.8, 4) is 0 Å². The first kappa shape index (κ1) is 12.9. The fourth-order valence-electron chi connectivity index (χ4n) is 3.31. The van der Waals surface area contributed by atoms with Crippen LogP contribution in [0, 0.1) is 5.92 Å². The van der Waals surface area contributed by atoms with E-state index in [1.54, 1.807) is 4.31 Å². The van der Waals surface area contributed by atoms with E-state index in [1.807, 2.05) is 0 Å². The number of furan rings is 1. The van der Waals surface area contributed by atoms with Gasteiger partial charge in [0.1, 0.15) is 0 Å². The van der Waals surface area contributed by atoms with E-state index in [2.05, 4.69) is 0 Å². The summed E-state index contributed by atoms with van der Waals surface area (Å²) in [4.78, 5) is 10.6. The third kappa shape index (κ3) is 2.12. The van der Waals surface area contributed by atoms with Crippen molar-refractivity contribution >= 4 is 16.3 Å². The van der Waals surface area contributed by atoms with Crippen LogP contribution in [0.3, 0.4) is 0 Å². The Bertz CT molecular complexity index is 577. The number of carbonyl (C=O) groups excluding carboxylic acids is 1. The number of rotatable bonds is 3. The molecule has 104 valence electrons. The number of nitrogens with zero attached hydrogens (tertiary/aromatic N) is 1. The third-order valence-corrected chi connectivity index (χ3v) is 6.04. The lowest BCUT2D eigenvalue weighted by molar-refractivity contribution is 0.109. The van der Waals surface area contributed by atoms with Gasteiger partial charge in [-0.3, -0.25) is 4.79 Å². The number of sulfonamides is 1. The van der Waals surface area contributed by atoms with Gasteiger partial charge in [0, 0.05) is 12.6 Å². The topological polar surface area (TPSA) is 67.6 Å². The summed E-state index contributed by atoms with van der Waals surface area (Å²) in [5.74, 6) is 0.544. The molecule has 1 aliphatic heterocycles. The second-order valence-corrected chi connectivity index (χ2v) is 7.11. The Balaban J connectivity index is 1.89. The molecule has 0 spiro atoms. The van der Waals surface area contributed by atoms with E-state index in [0.717, 1.165) is 25.7 Å². The van der Waals surface area contributed by atoms with E-state index in [1.165, 1.54) is 18.6 Å². The highest BCUT2D eigenvalue weighted by Gasteiger charge is 2.43. The summed E-state index contributed by atoms with van der Waals surface area (Å²) >= 11 is 0. The molecule has 0 N–H and O–H groups in total. The fourth-order valence-corrected chi connectivity index (χ4v) is 4.97. The molecule has 0 bridgehead atoms. The maximum Gasteiger partial charge on any atom is 0.276 e. The Kier molecular flexibility index (Phi) is 3.22. The van der Waals surface area contributed by atoms with Crippen LogP contribution in [0.4, 0.5) is 0 Å². The number of hydrogen-bond donors (Lipinski definition) is 0. The summed E-state index contributed by atoms with van der Waals surface area (Å²) in [6.07, 6.45) is 5.80. The van der Waals surface area contributed by atoms with Crippen LogP contribution < -0.4 is 0 Å². The Hall–Kier alpha value is -1.14. The van der Waals surface area contributed by atoms with Gasteiger partial charge in [-0.2, -0.15) is 4.31 Å². The van der Waals surface area contributed by atoms with Gasteiger partial charge in [-0.05, 0) is 37.3 Å². The quantitative estimate of drug-likeness (QED) is 0.796. The van der Waals surface area contributed by atoms with Gasteiger partial charge in [0.2, 0.25) is 5.09 Å². The molecule has 2 unspecified atom stereocenters. The second kappa shape index (κ2) is 4.76. The summed E-state index contributed by atoms with van der Waals surface area (Å²) < 4.78 is 31.7. The Morgan fingerprint density at radius 2 is 2.00 bits per heavy atom. The summed E-state index contributed by atoms with van der Waals surface area (Å²) in [7, 11) is -3.59. The molecule has 1 saturated carbocycles. The number of fused-ring (bicyclic) bond motifs is 1. The monoisotopic (exact) mass is 283 g/mol. The zero-order valence-electron chi connectivity index (χ0n) is 10.6. The molecule has 2 aliphatic rings. The normalized spacial score (nSPS) is 28.2. The van der Waals surface area contributed by atoms with Gasteiger partial charge in [0.15, 0.2) is 12.0 Å². The molecule has 2 heterocycles. The van der Waals surface area contributed by atoms with Gasteiger partial charge in [-0.15, -0.1) is 0 Å². The maximum atomic E-state index is 12.5. The van der Waals surface area contributed by atoms with Crippen LogP contribution in [0.5, 0.6) is 0 Å². The first-order chi connectivity index (χ1) is 9.13. The highest BCUT2D eigenvalue weighted by atomic mass is 32.2. The van der Waals surface area contributed by atoms with E-state index in [-0.39, 0.29) is 16.9 Å². The zero-order valence-corrected chi connectivity index (χ0v) is 11.4. The number of carbonyl (C=O) groups is 1. The lowest BCUT2D eigenvalue weighted by atomic mass is 9.86. The molecule has 2 atom stereocenters. The zero-order chi connectivity index (χ0) is 13.5. The largest absolute Gasteiger partial charge is 0.440 e. The van der Waals surface area contributed by atoms with Crippen LogP contribution in [-0.4, -0.2) is 31.6 Å². The molecule has 3 rings (SSSR count). The number of aldehydes is 1. The Morgan fingerprint density at radius 1 is 1.21 bits per heavy atom. The molecule has 0 amide bonds. The van der Waals surface area contributed by atoms with Crippen molar-refractivity contribution in [3.05, 3.63) is 17.9 Å². The Morgan fingerprint density at radius 3 is 2.74 bits per heavy atom. The molecule has 1 aromatic rings. The molecular formula is C13H17NO4S. The first-order valence-corrected chi connectivity index (χ1v) is 8.14. The summed E-state index contributed by atoms with van der Waals surface area (Å²) in [6, 6.07) is 2.88. The minimum Gasteiger partial charge on any atom is -0.440 e. The van der Waals surface area contributed by atoms with Crippen LogP contribution in [-0.2, 0) is 10.0 Å². The van der Waals surface area contributed by atoms with Crippen LogP contribution in [0.1, 0.15) is 42.7 Å². The molecule has 1 aromatic heterocycles. The molecule has 2 fully saturated rings. The van der Waals surface area contributed by atoms with E-state index in [0.29, 0.717) is 18.7 Å². The van der Waals surface area contributed by atoms with Crippen molar-refractivity contribution < 1.29 is 17.6 Å². The van der Waals surface area contributed by atoms with Crippen molar-refractivity contribution in [2.75, 3.05) is 6.54 Å². The SMILES string of the molecule is O=Cc1ccc(S(=O)(=O)N2CCC3CCCCC32)o1. The molecule has 0 radical (unpaired) electrons. The van der Waals surface area contributed by atoms with Gasteiger partial charge in [-0.1, -0.05) is 12.8 Å². The summed E-state index contributed by atoms with van der Waals surface area (Å²) in [6.45, 7) is 0.564. The average molecular weight is 283 g/mol. The predicted octanol–water partition coefficient (Wildman–Crippen LogP) is 2.05. The molecule has 0 aromatic carbocycles. The maximum absolute atomic E-state index is 12.5. The van der Waals surface area contributed by atoms with Gasteiger partial charge >= 0.3 is 0 Å². The Labute approximate surface area is 112 Å². The first-order valence-electron chi connectivity index (χ1n) is 6.70. The van der Waals surface area contributed by atoms with E-state index in [4.69, 9.17) is 4.42 Å². The summed E-state index contributed by atoms with van der Waals surface area (Å²) in [5.41, 5.74) is 0. The van der Waals surface area contributed by atoms with Crippen molar-refractivity contribution in [2.24, 2.45) is 5.92 Å². The molecule has 19 heavy (non-hydrogen) atoms. The molecular weight excluding hydrogens is 266 g/mol. The van der Waals surface area contributed by atoms with Crippen molar-refractivity contribution in [1.29, 1.82) is 0 Å². The predicted molar refractivity (Wildman–Crippen MR) is 68.4 cm³/mol. The standard InChI is InChI=1S/C13H17NO4S/c15-9-11-5-6-13(18-11)19(16,17)14-8-7-10-3-1-2-4-12(10)14/h5-6,9-10,12H,1-4,7-8H2. The van der Waals surface area contributed by atoms with Crippen LogP contribution >= 0.6 is 0 Å². The highest BCUT2D eigenvalue weighted by molar-refractivity contribution is 7.89. The molecule has 6 heteroatoms. The fraction of sp³-hybridized carbons (Fsp3) is 0.615. The minimum atomic E-state index is -3.59. The molecule has 1 saturated heterocycles. The van der Waals surface area contributed by atoms with Crippen LogP contribution in [0.15, 0.2) is 21.6 Å². The molecule has 5 nitrogen and oxygen atoms in total. The summed E-state index contributed by atoms with van der Waals surface area (Å²) in [5, 5.41) is -0.110. The van der Waals surface area contributed by atoms with Gasteiger partial charge in [0.25, 0.3) is 10.0 Å². The van der Waals surface area contributed by atoms with E-state index >= 15 is 0 Å². The highest BCUT2D eigenvalue weighted by Crippen LogP contribution is 2.39. The van der Waals surface area contributed by atoms with Gasteiger partial charge < -0.3 is 4.42 Å². The van der Waals surface area contributed by atoms with E-state index in [9.17, 15) is 13.2 Å². The molecule has 1 aliphatic carbocycles. The van der Waals surface area contributed by atoms with Crippen LogP contribution in [0.2, 0.25) is 0 Å². The van der Waals surface area contributed by atoms with Crippen molar-refractivity contribution in [3.63, 3.8) is 0 Å². The average Bonchev–Trinajstić information content (AvgIpc) is 3.06. The van der Waals surface area contributed by atoms with Crippen molar-refractivity contribution in [2.45, 2.75) is 43.2 Å². The van der Waals surface area contributed by atoms with Gasteiger partial charge in [0.05, 0.1) is 0 Å². The van der Waals surface area contributed by atoms with Gasteiger partial charge in [-0.25, -0.2) is 8.42 Å². The van der Waals surface area contributed by atoms with Crippen molar-refractivity contribution in [1.82, 2.24) is 4.31 Å². The van der Waals surface area contributed by atoms with E-state index < -0.39 is 10.0 Å². The lowest BCUT2D eigenvalue weighted by Crippen LogP contribution is -2.39. The minimum absolute atomic E-state index is 0.0537. The van der Waals surface area contributed by atoms with Crippen LogP contribution in [0.25, 0.3) is 0 Å². The number of hydrogen-bond acceptors (Lipinski definition) is 4.